The fraction of sp³-hybridized carbons (Fsp3) is 0.0769. The van der Waals surface area contributed by atoms with Crippen molar-refractivity contribution in [2.24, 2.45) is 0 Å². The molecule has 0 amide bonds. The summed E-state index contributed by atoms with van der Waals surface area (Å²) in [5, 5.41) is 0.724. The first-order chi connectivity index (χ1) is 8.19. The number of ether oxygens (including phenoxy) is 1. The molecule has 0 aliphatic rings. The van der Waals surface area contributed by atoms with E-state index in [0.717, 1.165) is 20.6 Å². The van der Waals surface area contributed by atoms with Crippen molar-refractivity contribution in [3.63, 3.8) is 0 Å². The SMILES string of the molecule is COc1ccc(Sc2cccc(Cl)c2)c(N)c1. The molecule has 0 atom stereocenters. The van der Waals surface area contributed by atoms with Gasteiger partial charge in [0.2, 0.25) is 0 Å². The van der Waals surface area contributed by atoms with Gasteiger partial charge >= 0.3 is 0 Å². The molecule has 2 rings (SSSR count). The van der Waals surface area contributed by atoms with Crippen LogP contribution in [0.2, 0.25) is 5.02 Å². The third kappa shape index (κ3) is 3.08. The van der Waals surface area contributed by atoms with E-state index in [-0.39, 0.29) is 0 Å². The number of halogens is 1. The Labute approximate surface area is 110 Å². The molecule has 0 heterocycles. The second-order valence-corrected chi connectivity index (χ2v) is 5.01. The van der Waals surface area contributed by atoms with E-state index >= 15 is 0 Å². The maximum absolute atomic E-state index is 5.95. The summed E-state index contributed by atoms with van der Waals surface area (Å²) in [7, 11) is 1.62. The number of nitrogen functional groups attached to an aromatic ring is 1. The Hall–Kier alpha value is -1.32. The molecule has 2 nitrogen and oxygen atoms in total. The van der Waals surface area contributed by atoms with E-state index in [1.807, 2.05) is 42.5 Å². The van der Waals surface area contributed by atoms with Gasteiger partial charge in [0.15, 0.2) is 0 Å². The predicted molar refractivity (Wildman–Crippen MR) is 73.0 cm³/mol. The molecule has 17 heavy (non-hydrogen) atoms. The van der Waals surface area contributed by atoms with Gasteiger partial charge in [-0.3, -0.25) is 0 Å². The fourth-order valence-electron chi connectivity index (χ4n) is 1.40. The van der Waals surface area contributed by atoms with Crippen LogP contribution in [0.4, 0.5) is 5.69 Å². The molecule has 0 radical (unpaired) electrons. The maximum atomic E-state index is 5.95. The summed E-state index contributed by atoms with van der Waals surface area (Å²) in [4.78, 5) is 2.06. The monoisotopic (exact) mass is 265 g/mol. The minimum Gasteiger partial charge on any atom is -0.497 e. The van der Waals surface area contributed by atoms with Gasteiger partial charge in [-0.15, -0.1) is 0 Å². The smallest absolute Gasteiger partial charge is 0.120 e. The van der Waals surface area contributed by atoms with Gasteiger partial charge in [0, 0.05) is 26.6 Å². The number of nitrogens with two attached hydrogens (primary N) is 1. The molecule has 0 saturated heterocycles. The Morgan fingerprint density at radius 1 is 1.18 bits per heavy atom. The van der Waals surface area contributed by atoms with Gasteiger partial charge in [0.25, 0.3) is 0 Å². The summed E-state index contributed by atoms with van der Waals surface area (Å²) in [6, 6.07) is 13.3. The van der Waals surface area contributed by atoms with Crippen molar-refractivity contribution in [3.8, 4) is 5.75 Å². The van der Waals surface area contributed by atoms with Crippen molar-refractivity contribution >= 4 is 29.1 Å². The third-order valence-corrected chi connectivity index (χ3v) is 3.56. The van der Waals surface area contributed by atoms with Gasteiger partial charge in [-0.05, 0) is 30.3 Å². The van der Waals surface area contributed by atoms with Crippen LogP contribution in [0.25, 0.3) is 0 Å². The zero-order valence-corrected chi connectivity index (χ0v) is 10.9. The molecule has 0 aromatic heterocycles. The molecular weight excluding hydrogens is 254 g/mol. The molecule has 2 aromatic carbocycles. The van der Waals surface area contributed by atoms with Gasteiger partial charge in [-0.25, -0.2) is 0 Å². The standard InChI is InChI=1S/C13H12ClNOS/c1-16-10-5-6-13(12(15)8-10)17-11-4-2-3-9(14)7-11/h2-8H,15H2,1H3. The molecule has 2 N–H and O–H groups in total. The van der Waals surface area contributed by atoms with Crippen LogP contribution in [0.3, 0.4) is 0 Å². The van der Waals surface area contributed by atoms with Gasteiger partial charge in [0.05, 0.1) is 7.11 Å². The lowest BCUT2D eigenvalue weighted by atomic mass is 10.3. The van der Waals surface area contributed by atoms with E-state index in [9.17, 15) is 0 Å². The van der Waals surface area contributed by atoms with E-state index in [1.165, 1.54) is 0 Å². The second kappa shape index (κ2) is 5.34. The van der Waals surface area contributed by atoms with Crippen molar-refractivity contribution in [1.82, 2.24) is 0 Å². The second-order valence-electron chi connectivity index (χ2n) is 3.46. The van der Waals surface area contributed by atoms with Crippen LogP contribution < -0.4 is 10.5 Å². The summed E-state index contributed by atoms with van der Waals surface area (Å²) >= 11 is 7.52. The zero-order valence-electron chi connectivity index (χ0n) is 9.31. The third-order valence-electron chi connectivity index (χ3n) is 2.24. The molecule has 0 fully saturated rings. The highest BCUT2D eigenvalue weighted by atomic mass is 35.5. The van der Waals surface area contributed by atoms with E-state index in [4.69, 9.17) is 22.1 Å². The highest BCUT2D eigenvalue weighted by Crippen LogP contribution is 2.34. The van der Waals surface area contributed by atoms with Crippen molar-refractivity contribution in [1.29, 1.82) is 0 Å². The van der Waals surface area contributed by atoms with Crippen LogP contribution in [0.5, 0.6) is 5.75 Å². The van der Waals surface area contributed by atoms with Crippen molar-refractivity contribution < 1.29 is 4.74 Å². The number of methoxy groups -OCH3 is 1. The molecule has 0 saturated carbocycles. The van der Waals surface area contributed by atoms with E-state index < -0.39 is 0 Å². The summed E-state index contributed by atoms with van der Waals surface area (Å²) in [5.74, 6) is 0.762. The summed E-state index contributed by atoms with van der Waals surface area (Å²) in [6.45, 7) is 0. The average Bonchev–Trinajstić information content (AvgIpc) is 2.32. The summed E-state index contributed by atoms with van der Waals surface area (Å²) < 4.78 is 5.11. The molecule has 2 aromatic rings. The Morgan fingerprint density at radius 3 is 2.65 bits per heavy atom. The number of rotatable bonds is 3. The molecule has 0 unspecified atom stereocenters. The Bertz CT molecular complexity index is 531. The fourth-order valence-corrected chi connectivity index (χ4v) is 2.56. The van der Waals surface area contributed by atoms with Crippen LogP contribution in [-0.2, 0) is 0 Å². The van der Waals surface area contributed by atoms with Gasteiger partial charge < -0.3 is 10.5 Å². The molecule has 4 heteroatoms. The summed E-state index contributed by atoms with van der Waals surface area (Å²) in [6.07, 6.45) is 0. The molecule has 0 spiro atoms. The zero-order chi connectivity index (χ0) is 12.3. The number of hydrogen-bond donors (Lipinski definition) is 1. The lowest BCUT2D eigenvalue weighted by Crippen LogP contribution is -1.90. The highest BCUT2D eigenvalue weighted by Gasteiger charge is 2.03. The van der Waals surface area contributed by atoms with Crippen LogP contribution in [0, 0.1) is 0 Å². The number of anilines is 1. The number of hydrogen-bond acceptors (Lipinski definition) is 3. The minimum atomic E-state index is 0.703. The molecule has 0 aliphatic heterocycles. The number of benzene rings is 2. The van der Waals surface area contributed by atoms with Gasteiger partial charge in [0.1, 0.15) is 5.75 Å². The van der Waals surface area contributed by atoms with E-state index in [1.54, 1.807) is 18.9 Å². The lowest BCUT2D eigenvalue weighted by Gasteiger charge is -2.07. The van der Waals surface area contributed by atoms with Crippen LogP contribution in [0.15, 0.2) is 52.3 Å². The first kappa shape index (κ1) is 12.1. The average molecular weight is 266 g/mol. The molecule has 0 aliphatic carbocycles. The van der Waals surface area contributed by atoms with Crippen molar-refractivity contribution in [2.75, 3.05) is 12.8 Å². The molecule has 0 bridgehead atoms. The Kier molecular flexibility index (Phi) is 3.82. The first-order valence-corrected chi connectivity index (χ1v) is 6.25. The van der Waals surface area contributed by atoms with Crippen LogP contribution in [0.1, 0.15) is 0 Å². The van der Waals surface area contributed by atoms with Crippen molar-refractivity contribution in [3.05, 3.63) is 47.5 Å². The normalized spacial score (nSPS) is 10.2. The molecular formula is C13H12ClNOS. The van der Waals surface area contributed by atoms with Gasteiger partial charge in [-0.1, -0.05) is 29.4 Å². The topological polar surface area (TPSA) is 35.2 Å². The first-order valence-electron chi connectivity index (χ1n) is 5.06. The molecule has 88 valence electrons. The van der Waals surface area contributed by atoms with Gasteiger partial charge in [-0.2, -0.15) is 0 Å². The maximum Gasteiger partial charge on any atom is 0.120 e. The Balaban J connectivity index is 2.24. The highest BCUT2D eigenvalue weighted by molar-refractivity contribution is 7.99. The Morgan fingerprint density at radius 2 is 2.00 bits per heavy atom. The largest absolute Gasteiger partial charge is 0.497 e. The lowest BCUT2D eigenvalue weighted by molar-refractivity contribution is 0.415. The summed E-state index contributed by atoms with van der Waals surface area (Å²) in [5.41, 5.74) is 6.65. The van der Waals surface area contributed by atoms with Crippen LogP contribution >= 0.6 is 23.4 Å². The quantitative estimate of drug-likeness (QED) is 0.850. The minimum absolute atomic E-state index is 0.703. The van der Waals surface area contributed by atoms with Crippen molar-refractivity contribution in [2.45, 2.75) is 9.79 Å². The van der Waals surface area contributed by atoms with E-state index in [0.29, 0.717) is 5.69 Å². The van der Waals surface area contributed by atoms with Crippen LogP contribution in [-0.4, -0.2) is 7.11 Å². The van der Waals surface area contributed by atoms with E-state index in [2.05, 4.69) is 0 Å². The predicted octanol–water partition coefficient (Wildman–Crippen LogP) is 4.08.